The first-order valence-corrected chi connectivity index (χ1v) is 11.9. The number of nitrogens with one attached hydrogen (secondary N) is 2. The normalized spacial score (nSPS) is 12.8. The number of imidazole rings is 1. The first-order chi connectivity index (χ1) is 17.3. The van der Waals surface area contributed by atoms with Gasteiger partial charge in [0.15, 0.2) is 11.2 Å². The minimum atomic E-state index is -0.980. The summed E-state index contributed by atoms with van der Waals surface area (Å²) >= 11 is 3.37. The van der Waals surface area contributed by atoms with Crippen LogP contribution < -0.4 is 21.4 Å². The lowest BCUT2D eigenvalue weighted by atomic mass is 10.2. The van der Waals surface area contributed by atoms with Gasteiger partial charge >= 0.3 is 5.69 Å². The second-order valence-electron chi connectivity index (χ2n) is 8.06. The molecular weight excluding hydrogens is 528 g/mol. The largest absolute Gasteiger partial charge is 0.491 e. The number of aryl methyl sites for hydroxylation is 1. The molecule has 2 aromatic carbocycles. The van der Waals surface area contributed by atoms with Crippen molar-refractivity contribution in [3.05, 3.63) is 91.5 Å². The van der Waals surface area contributed by atoms with Gasteiger partial charge in [-0.15, -0.1) is 0 Å². The zero-order valence-corrected chi connectivity index (χ0v) is 21.3. The van der Waals surface area contributed by atoms with Crippen LogP contribution in [0.3, 0.4) is 0 Å². The van der Waals surface area contributed by atoms with Crippen molar-refractivity contribution < 1.29 is 9.84 Å². The standard InChI is InChI=1S/C25H25BrN6O4/c1-16(8-9-17-6-4-3-5-7-17)29-30-24-27-22-21(23(34)28-25(35)31(22)2)32(24)14-19(33)15-36-20-12-10-18(26)11-13-20/h3-13,19,33H,14-15H2,1-2H3,(H,27,30)(H,28,34,35)/b9-8+,29-16-/t19-/m0/s1. The number of aromatic amines is 1. The molecule has 10 nitrogen and oxygen atoms in total. The van der Waals surface area contributed by atoms with E-state index in [1.54, 1.807) is 12.1 Å². The molecule has 0 spiro atoms. The molecule has 0 aliphatic heterocycles. The molecule has 3 N–H and O–H groups in total. The highest BCUT2D eigenvalue weighted by Crippen LogP contribution is 2.18. The average Bonchev–Trinajstić information content (AvgIpc) is 3.23. The molecule has 2 aromatic heterocycles. The second-order valence-corrected chi connectivity index (χ2v) is 8.98. The highest BCUT2D eigenvalue weighted by Gasteiger charge is 2.20. The van der Waals surface area contributed by atoms with E-state index in [0.29, 0.717) is 11.5 Å². The van der Waals surface area contributed by atoms with Crippen molar-refractivity contribution in [3.63, 3.8) is 0 Å². The third-order valence-corrected chi connectivity index (χ3v) is 5.83. The van der Waals surface area contributed by atoms with Crippen LogP contribution in [0.4, 0.5) is 5.95 Å². The highest BCUT2D eigenvalue weighted by molar-refractivity contribution is 9.10. The van der Waals surface area contributed by atoms with Crippen molar-refractivity contribution in [1.82, 2.24) is 19.1 Å². The molecule has 4 aromatic rings. The Bertz CT molecular complexity index is 1520. The number of aliphatic hydroxyl groups excluding tert-OH is 1. The summed E-state index contributed by atoms with van der Waals surface area (Å²) in [5.41, 5.74) is 3.64. The third-order valence-electron chi connectivity index (χ3n) is 5.31. The van der Waals surface area contributed by atoms with E-state index < -0.39 is 17.4 Å². The minimum Gasteiger partial charge on any atom is -0.491 e. The molecule has 0 bridgehead atoms. The van der Waals surface area contributed by atoms with Crippen LogP contribution in [0, 0.1) is 0 Å². The van der Waals surface area contributed by atoms with Gasteiger partial charge in [0.05, 0.1) is 12.3 Å². The Morgan fingerprint density at radius 2 is 1.94 bits per heavy atom. The van der Waals surface area contributed by atoms with Gasteiger partial charge in [0.1, 0.15) is 18.5 Å². The summed E-state index contributed by atoms with van der Waals surface area (Å²) in [6.45, 7) is 1.76. The first-order valence-electron chi connectivity index (χ1n) is 11.1. The Kier molecular flexibility index (Phi) is 7.81. The lowest BCUT2D eigenvalue weighted by Gasteiger charge is -2.15. The van der Waals surface area contributed by atoms with Crippen molar-refractivity contribution in [2.24, 2.45) is 12.1 Å². The Morgan fingerprint density at radius 3 is 2.67 bits per heavy atom. The van der Waals surface area contributed by atoms with Gasteiger partial charge in [0.25, 0.3) is 5.56 Å². The van der Waals surface area contributed by atoms with Gasteiger partial charge in [-0.25, -0.2) is 10.2 Å². The van der Waals surface area contributed by atoms with E-state index in [2.05, 4.69) is 36.4 Å². The molecule has 2 heterocycles. The van der Waals surface area contributed by atoms with Gasteiger partial charge in [-0.05, 0) is 42.8 Å². The predicted octanol–water partition coefficient (Wildman–Crippen LogP) is 3.13. The Morgan fingerprint density at radius 1 is 1.22 bits per heavy atom. The number of rotatable bonds is 9. The van der Waals surface area contributed by atoms with Crippen molar-refractivity contribution in [1.29, 1.82) is 0 Å². The number of H-pyrrole nitrogens is 1. The summed E-state index contributed by atoms with van der Waals surface area (Å²) in [7, 11) is 1.51. The maximum Gasteiger partial charge on any atom is 0.329 e. The maximum atomic E-state index is 12.7. The van der Waals surface area contributed by atoms with Crippen LogP contribution in [0.1, 0.15) is 12.5 Å². The third kappa shape index (κ3) is 5.99. The van der Waals surface area contributed by atoms with E-state index >= 15 is 0 Å². The van der Waals surface area contributed by atoms with Crippen LogP contribution in [-0.2, 0) is 13.6 Å². The molecule has 0 unspecified atom stereocenters. The number of allylic oxidation sites excluding steroid dienone is 1. The number of ether oxygens (including phenoxy) is 1. The van der Waals surface area contributed by atoms with Crippen molar-refractivity contribution >= 4 is 44.8 Å². The number of hydrogen-bond donors (Lipinski definition) is 3. The topological polar surface area (TPSA) is 127 Å². The number of aromatic nitrogens is 4. The number of aliphatic hydroxyl groups is 1. The van der Waals surface area contributed by atoms with Crippen molar-refractivity contribution in [3.8, 4) is 5.75 Å². The molecule has 0 aliphatic carbocycles. The fraction of sp³-hybridized carbons (Fsp3) is 0.200. The number of fused-ring (bicyclic) bond motifs is 1. The average molecular weight is 553 g/mol. The summed E-state index contributed by atoms with van der Waals surface area (Å²) in [6, 6.07) is 17.0. The molecule has 36 heavy (non-hydrogen) atoms. The lowest BCUT2D eigenvalue weighted by molar-refractivity contribution is 0.0938. The smallest absolute Gasteiger partial charge is 0.329 e. The lowest BCUT2D eigenvalue weighted by Crippen LogP contribution is -2.30. The van der Waals surface area contributed by atoms with Crippen LogP contribution in [0.2, 0.25) is 0 Å². The predicted molar refractivity (Wildman–Crippen MR) is 143 cm³/mol. The number of hydrogen-bond acceptors (Lipinski definition) is 7. The maximum absolute atomic E-state index is 12.7. The monoisotopic (exact) mass is 552 g/mol. The number of benzene rings is 2. The summed E-state index contributed by atoms with van der Waals surface area (Å²) in [4.78, 5) is 31.4. The molecule has 0 amide bonds. The Hall–Kier alpha value is -3.96. The van der Waals surface area contributed by atoms with Crippen LogP contribution in [0.5, 0.6) is 5.75 Å². The van der Waals surface area contributed by atoms with Crippen LogP contribution >= 0.6 is 15.9 Å². The van der Waals surface area contributed by atoms with Crippen LogP contribution in [0.25, 0.3) is 17.2 Å². The number of nitrogens with zero attached hydrogens (tertiary/aromatic N) is 4. The van der Waals surface area contributed by atoms with E-state index in [9.17, 15) is 14.7 Å². The van der Waals surface area contributed by atoms with Gasteiger partial charge in [-0.2, -0.15) is 10.1 Å². The minimum absolute atomic E-state index is 0.0213. The van der Waals surface area contributed by atoms with E-state index in [0.717, 1.165) is 10.0 Å². The van der Waals surface area contributed by atoms with Gasteiger partial charge in [-0.1, -0.05) is 52.3 Å². The molecule has 0 saturated carbocycles. The second kappa shape index (κ2) is 11.2. The summed E-state index contributed by atoms with van der Waals surface area (Å²) in [5.74, 6) is 0.795. The fourth-order valence-corrected chi connectivity index (χ4v) is 3.71. The Labute approximate surface area is 214 Å². The fourth-order valence-electron chi connectivity index (χ4n) is 3.44. The van der Waals surface area contributed by atoms with Gasteiger partial charge in [0, 0.05) is 11.5 Å². The van der Waals surface area contributed by atoms with E-state index in [1.165, 1.54) is 16.2 Å². The number of hydrazone groups is 1. The Balaban J connectivity index is 1.59. The quantitative estimate of drug-likeness (QED) is 0.216. The van der Waals surface area contributed by atoms with Gasteiger partial charge in [-0.3, -0.25) is 14.3 Å². The highest BCUT2D eigenvalue weighted by atomic mass is 79.9. The summed E-state index contributed by atoms with van der Waals surface area (Å²) < 4.78 is 9.30. The van der Waals surface area contributed by atoms with Crippen molar-refractivity contribution in [2.75, 3.05) is 12.0 Å². The number of halogens is 1. The summed E-state index contributed by atoms with van der Waals surface area (Å²) in [6.07, 6.45) is 2.77. The van der Waals surface area contributed by atoms with E-state index in [1.807, 2.05) is 61.5 Å². The SMILES string of the molecule is CC(/C=C/c1ccccc1)=N/Nc1nc2c(c(=O)[nH]c(=O)n2C)n1C[C@H](O)COc1ccc(Br)cc1. The molecule has 11 heteroatoms. The zero-order chi connectivity index (χ0) is 25.7. The molecule has 0 radical (unpaired) electrons. The zero-order valence-electron chi connectivity index (χ0n) is 19.7. The molecule has 4 rings (SSSR count). The van der Waals surface area contributed by atoms with Crippen LogP contribution in [0.15, 0.2) is 79.8 Å². The first kappa shape index (κ1) is 25.1. The molecule has 0 fully saturated rings. The van der Waals surface area contributed by atoms with Gasteiger partial charge in [0.2, 0.25) is 5.95 Å². The molecule has 0 aliphatic rings. The van der Waals surface area contributed by atoms with E-state index in [-0.39, 0.29) is 30.3 Å². The molecule has 0 saturated heterocycles. The molecular formula is C25H25BrN6O4. The van der Waals surface area contributed by atoms with Gasteiger partial charge < -0.3 is 14.4 Å². The number of anilines is 1. The molecule has 1 atom stereocenters. The summed E-state index contributed by atoms with van der Waals surface area (Å²) in [5, 5.41) is 15.0. The van der Waals surface area contributed by atoms with Crippen molar-refractivity contribution in [2.45, 2.75) is 19.6 Å². The molecule has 186 valence electrons. The van der Waals surface area contributed by atoms with E-state index in [4.69, 9.17) is 4.74 Å². The van der Waals surface area contributed by atoms with Crippen LogP contribution in [-0.4, -0.2) is 42.6 Å².